The summed E-state index contributed by atoms with van der Waals surface area (Å²) in [6.45, 7) is 7.28. The number of nitrogens with zero attached hydrogens (tertiary/aromatic N) is 1. The van der Waals surface area contributed by atoms with Crippen molar-refractivity contribution in [3.05, 3.63) is 28.8 Å². The van der Waals surface area contributed by atoms with Gasteiger partial charge in [-0.25, -0.2) is 0 Å². The minimum absolute atomic E-state index is 0.444. The highest BCUT2D eigenvalue weighted by molar-refractivity contribution is 5.42. The molecule has 0 saturated carbocycles. The normalized spacial score (nSPS) is 20.2. The molecule has 1 aliphatic rings. The molecule has 0 bridgehead atoms. The van der Waals surface area contributed by atoms with Gasteiger partial charge in [-0.15, -0.1) is 0 Å². The predicted molar refractivity (Wildman–Crippen MR) is 84.2 cm³/mol. The van der Waals surface area contributed by atoms with Gasteiger partial charge in [-0.3, -0.25) is 4.90 Å². The van der Waals surface area contributed by atoms with Crippen LogP contribution < -0.4 is 5.32 Å². The maximum atomic E-state index is 9.88. The van der Waals surface area contributed by atoms with Crippen LogP contribution in [0.2, 0.25) is 0 Å². The number of piperidine rings is 1. The fraction of sp³-hybridized carbons (Fsp3) is 0.647. The number of nitrogens with one attached hydrogen (secondary N) is 1. The van der Waals surface area contributed by atoms with Crippen molar-refractivity contribution in [1.82, 2.24) is 10.2 Å². The van der Waals surface area contributed by atoms with Crippen molar-refractivity contribution in [3.63, 3.8) is 0 Å². The molecule has 0 amide bonds. The van der Waals surface area contributed by atoms with Crippen LogP contribution in [0.5, 0.6) is 5.75 Å². The number of aryl methyl sites for hydroxylation is 2. The Morgan fingerprint density at radius 3 is 2.60 bits per heavy atom. The lowest BCUT2D eigenvalue weighted by molar-refractivity contribution is 0.132. The zero-order valence-corrected chi connectivity index (χ0v) is 13.1. The molecule has 2 rings (SSSR count). The molecule has 1 saturated heterocycles. The minimum atomic E-state index is 0.444. The summed E-state index contributed by atoms with van der Waals surface area (Å²) in [4.78, 5) is 2.62. The monoisotopic (exact) mass is 276 g/mol. The van der Waals surface area contributed by atoms with Crippen molar-refractivity contribution in [3.8, 4) is 5.75 Å². The zero-order chi connectivity index (χ0) is 14.5. The molecule has 0 aliphatic carbocycles. The van der Waals surface area contributed by atoms with Crippen molar-refractivity contribution < 1.29 is 5.11 Å². The number of phenols is 1. The van der Waals surface area contributed by atoms with Crippen LogP contribution in [0.1, 0.15) is 42.4 Å². The zero-order valence-electron chi connectivity index (χ0n) is 13.1. The first-order chi connectivity index (χ1) is 9.61. The number of hydrogen-bond acceptors (Lipinski definition) is 3. The lowest BCUT2D eigenvalue weighted by atomic mass is 9.97. The van der Waals surface area contributed by atoms with E-state index >= 15 is 0 Å². The molecule has 1 unspecified atom stereocenters. The summed E-state index contributed by atoms with van der Waals surface area (Å²) in [5, 5.41) is 13.1. The minimum Gasteiger partial charge on any atom is -0.507 e. The molecular weight excluding hydrogens is 248 g/mol. The average Bonchev–Trinajstić information content (AvgIpc) is 2.44. The Morgan fingerprint density at radius 2 is 1.95 bits per heavy atom. The van der Waals surface area contributed by atoms with E-state index in [1.165, 1.54) is 37.8 Å². The second-order valence-electron chi connectivity index (χ2n) is 6.09. The standard InChI is InChI=1S/C17H28N2O/c1-13-10-15(11-14(2)17(13)20)12-19-9-5-4-6-16(19)7-8-18-3/h10-11,16,18,20H,4-9,12H2,1-3H3. The molecular formula is C17H28N2O. The van der Waals surface area contributed by atoms with E-state index in [0.717, 1.165) is 24.2 Å². The highest BCUT2D eigenvalue weighted by Crippen LogP contribution is 2.26. The van der Waals surface area contributed by atoms with Crippen LogP contribution in [-0.2, 0) is 6.54 Å². The highest BCUT2D eigenvalue weighted by atomic mass is 16.3. The molecule has 3 nitrogen and oxygen atoms in total. The third kappa shape index (κ3) is 3.74. The van der Waals surface area contributed by atoms with Crippen LogP contribution in [-0.4, -0.2) is 36.2 Å². The Bertz CT molecular complexity index is 422. The van der Waals surface area contributed by atoms with E-state index in [4.69, 9.17) is 0 Å². The van der Waals surface area contributed by atoms with E-state index in [1.807, 2.05) is 20.9 Å². The summed E-state index contributed by atoms with van der Waals surface area (Å²) in [6.07, 6.45) is 5.22. The van der Waals surface area contributed by atoms with Crippen molar-refractivity contribution in [1.29, 1.82) is 0 Å². The van der Waals surface area contributed by atoms with Crippen molar-refractivity contribution in [2.24, 2.45) is 0 Å². The third-order valence-electron chi connectivity index (χ3n) is 4.41. The molecule has 1 fully saturated rings. The Hall–Kier alpha value is -1.06. The maximum absolute atomic E-state index is 9.88. The molecule has 1 aromatic carbocycles. The van der Waals surface area contributed by atoms with E-state index < -0.39 is 0 Å². The molecule has 20 heavy (non-hydrogen) atoms. The number of aromatic hydroxyl groups is 1. The van der Waals surface area contributed by atoms with Crippen LogP contribution in [0.25, 0.3) is 0 Å². The molecule has 0 radical (unpaired) electrons. The lowest BCUT2D eigenvalue weighted by Crippen LogP contribution is -2.40. The van der Waals surface area contributed by atoms with Crippen LogP contribution in [0.15, 0.2) is 12.1 Å². The number of benzene rings is 1. The maximum Gasteiger partial charge on any atom is 0.121 e. The Labute approximate surface area is 123 Å². The first-order valence-electron chi connectivity index (χ1n) is 7.79. The van der Waals surface area contributed by atoms with Crippen LogP contribution in [0.4, 0.5) is 0 Å². The average molecular weight is 276 g/mol. The van der Waals surface area contributed by atoms with Gasteiger partial charge in [0.1, 0.15) is 5.75 Å². The first-order valence-corrected chi connectivity index (χ1v) is 7.79. The van der Waals surface area contributed by atoms with Gasteiger partial charge in [-0.05, 0) is 69.9 Å². The second kappa shape index (κ2) is 7.09. The van der Waals surface area contributed by atoms with Gasteiger partial charge in [-0.1, -0.05) is 18.6 Å². The van der Waals surface area contributed by atoms with Gasteiger partial charge in [0.05, 0.1) is 0 Å². The topological polar surface area (TPSA) is 35.5 Å². The van der Waals surface area contributed by atoms with E-state index in [1.54, 1.807) is 0 Å². The van der Waals surface area contributed by atoms with Crippen LogP contribution >= 0.6 is 0 Å². The molecule has 1 aromatic rings. The fourth-order valence-electron chi connectivity index (χ4n) is 3.28. The summed E-state index contributed by atoms with van der Waals surface area (Å²) in [5.74, 6) is 0.444. The summed E-state index contributed by atoms with van der Waals surface area (Å²) in [6, 6.07) is 4.96. The van der Waals surface area contributed by atoms with Gasteiger partial charge in [0, 0.05) is 12.6 Å². The predicted octanol–water partition coefficient (Wildman–Crippen LogP) is 2.97. The van der Waals surface area contributed by atoms with Gasteiger partial charge >= 0.3 is 0 Å². The van der Waals surface area contributed by atoms with Crippen LogP contribution in [0, 0.1) is 13.8 Å². The van der Waals surface area contributed by atoms with Gasteiger partial charge in [0.25, 0.3) is 0 Å². The van der Waals surface area contributed by atoms with Gasteiger partial charge in [-0.2, -0.15) is 0 Å². The molecule has 112 valence electrons. The SMILES string of the molecule is CNCCC1CCCCN1Cc1cc(C)c(O)c(C)c1. The molecule has 2 N–H and O–H groups in total. The summed E-state index contributed by atoms with van der Waals surface area (Å²) < 4.78 is 0. The van der Waals surface area contributed by atoms with Gasteiger partial charge in [0.15, 0.2) is 0 Å². The van der Waals surface area contributed by atoms with E-state index in [-0.39, 0.29) is 0 Å². The van der Waals surface area contributed by atoms with E-state index in [2.05, 4.69) is 22.3 Å². The fourth-order valence-corrected chi connectivity index (χ4v) is 3.28. The summed E-state index contributed by atoms with van der Waals surface area (Å²) in [7, 11) is 2.03. The van der Waals surface area contributed by atoms with Crippen molar-refractivity contribution in [2.45, 2.75) is 52.1 Å². The third-order valence-corrected chi connectivity index (χ3v) is 4.41. The van der Waals surface area contributed by atoms with E-state index in [9.17, 15) is 5.11 Å². The van der Waals surface area contributed by atoms with Crippen molar-refractivity contribution >= 4 is 0 Å². The molecule has 1 atom stereocenters. The van der Waals surface area contributed by atoms with Crippen LogP contribution in [0.3, 0.4) is 0 Å². The van der Waals surface area contributed by atoms with Crippen molar-refractivity contribution in [2.75, 3.05) is 20.1 Å². The number of phenolic OH excluding ortho intramolecular Hbond substituents is 1. The number of rotatable bonds is 5. The Balaban J connectivity index is 2.06. The highest BCUT2D eigenvalue weighted by Gasteiger charge is 2.22. The smallest absolute Gasteiger partial charge is 0.121 e. The second-order valence-corrected chi connectivity index (χ2v) is 6.09. The number of likely N-dealkylation sites (tertiary alicyclic amines) is 1. The molecule has 0 aromatic heterocycles. The Morgan fingerprint density at radius 1 is 1.25 bits per heavy atom. The largest absolute Gasteiger partial charge is 0.507 e. The van der Waals surface area contributed by atoms with Gasteiger partial charge < -0.3 is 10.4 Å². The molecule has 1 heterocycles. The first kappa shape index (κ1) is 15.3. The Kier molecular flexibility index (Phi) is 5.44. The summed E-state index contributed by atoms with van der Waals surface area (Å²) in [5.41, 5.74) is 3.31. The van der Waals surface area contributed by atoms with E-state index in [0.29, 0.717) is 11.8 Å². The number of hydrogen-bond donors (Lipinski definition) is 2. The summed E-state index contributed by atoms with van der Waals surface area (Å²) >= 11 is 0. The lowest BCUT2D eigenvalue weighted by Gasteiger charge is -2.36. The quantitative estimate of drug-likeness (QED) is 0.868. The molecule has 0 spiro atoms. The molecule has 3 heteroatoms. The van der Waals surface area contributed by atoms with Gasteiger partial charge in [0.2, 0.25) is 0 Å². The molecule has 1 aliphatic heterocycles.